The van der Waals surface area contributed by atoms with Crippen LogP contribution >= 0.6 is 35.2 Å². The lowest BCUT2D eigenvalue weighted by molar-refractivity contribution is 0.579. The molecule has 0 saturated heterocycles. The predicted octanol–water partition coefficient (Wildman–Crippen LogP) is 2.64. The molecule has 1 aromatic carbocycles. The van der Waals surface area contributed by atoms with Crippen molar-refractivity contribution in [2.24, 2.45) is 0 Å². The van der Waals surface area contributed by atoms with Crippen LogP contribution in [0.3, 0.4) is 0 Å². The van der Waals surface area contributed by atoms with Crippen LogP contribution < -0.4 is 0 Å². The van der Waals surface area contributed by atoms with Gasteiger partial charge in [-0.3, -0.25) is 0 Å². The molecule has 7 heteroatoms. The third-order valence-corrected chi connectivity index (χ3v) is 3.87. The van der Waals surface area contributed by atoms with Gasteiger partial charge in [0.15, 0.2) is 0 Å². The zero-order chi connectivity index (χ0) is 10.1. The van der Waals surface area contributed by atoms with E-state index in [4.69, 9.17) is 35.2 Å². The molecule has 0 unspecified atom stereocenters. The highest BCUT2D eigenvalue weighted by atomic mass is 35.5. The monoisotopic (exact) mass is 259 g/mol. The van der Waals surface area contributed by atoms with E-state index in [2.05, 4.69) is 0 Å². The maximum Gasteiger partial charge on any atom is 0.270 e. The Balaban J connectivity index is 3.17. The molecular weight excluding hydrogens is 256 g/mol. The van der Waals surface area contributed by atoms with Crippen molar-refractivity contribution < 1.29 is 8.42 Å². The van der Waals surface area contributed by atoms with Gasteiger partial charge in [-0.2, -0.15) is 0 Å². The van der Waals surface area contributed by atoms with E-state index in [1.807, 2.05) is 0 Å². The van der Waals surface area contributed by atoms with Crippen LogP contribution in [0.5, 0.6) is 0 Å². The van der Waals surface area contributed by atoms with Crippen LogP contribution in [0.4, 0.5) is 0 Å². The first-order valence-corrected chi connectivity index (χ1v) is 5.56. The second kappa shape index (κ2) is 4.02. The third-order valence-electron chi connectivity index (χ3n) is 1.29. The molecule has 0 bridgehead atoms. The Morgan fingerprint density at radius 2 is 1.54 bits per heavy atom. The fraction of sp³-hybridized carbons (Fsp3) is 0. The molecule has 72 valence electrons. The van der Waals surface area contributed by atoms with Crippen LogP contribution in [0, 0.1) is 0 Å². The average molecular weight is 261 g/mol. The topological polar surface area (TPSA) is 37.4 Å². The molecule has 0 fully saturated rings. The number of rotatable bonds is 2. The molecule has 0 radical (unpaired) electrons. The lowest BCUT2D eigenvalue weighted by atomic mass is 10.4. The molecular formula is C6H4Cl3NO2S. The van der Waals surface area contributed by atoms with Crippen LogP contribution in [0.25, 0.3) is 0 Å². The molecule has 3 nitrogen and oxygen atoms in total. The van der Waals surface area contributed by atoms with Gasteiger partial charge in [0.2, 0.25) is 0 Å². The first kappa shape index (κ1) is 11.1. The maximum atomic E-state index is 11.3. The number of hydrogen-bond acceptors (Lipinski definition) is 2. The fourth-order valence-corrected chi connectivity index (χ4v) is 1.93. The van der Waals surface area contributed by atoms with Crippen molar-refractivity contribution >= 4 is 45.2 Å². The summed E-state index contributed by atoms with van der Waals surface area (Å²) in [7, 11) is -3.79. The SMILES string of the molecule is O=S(=O)(c1ccc(Cl)cc1)N(Cl)Cl. The van der Waals surface area contributed by atoms with E-state index in [1.165, 1.54) is 24.3 Å². The molecule has 0 amide bonds. The van der Waals surface area contributed by atoms with Crippen molar-refractivity contribution in [2.75, 3.05) is 0 Å². The maximum absolute atomic E-state index is 11.3. The van der Waals surface area contributed by atoms with Crippen molar-refractivity contribution in [1.82, 2.24) is 3.34 Å². The summed E-state index contributed by atoms with van der Waals surface area (Å²) in [5.41, 5.74) is 0. The Kier molecular flexibility index (Phi) is 3.43. The second-order valence-corrected chi connectivity index (χ2v) is 5.60. The molecule has 0 aliphatic carbocycles. The first-order valence-electron chi connectivity index (χ1n) is 3.07. The molecule has 1 aromatic rings. The van der Waals surface area contributed by atoms with E-state index in [0.29, 0.717) is 5.02 Å². The number of halogens is 3. The van der Waals surface area contributed by atoms with E-state index < -0.39 is 10.0 Å². The molecule has 0 spiro atoms. The molecule has 0 aliphatic heterocycles. The number of benzene rings is 1. The van der Waals surface area contributed by atoms with Gasteiger partial charge in [-0.1, -0.05) is 11.6 Å². The summed E-state index contributed by atoms with van der Waals surface area (Å²) < 4.78 is 22.6. The zero-order valence-electron chi connectivity index (χ0n) is 6.12. The van der Waals surface area contributed by atoms with E-state index in [1.54, 1.807) is 0 Å². The highest BCUT2D eigenvalue weighted by molar-refractivity contribution is 7.91. The van der Waals surface area contributed by atoms with Crippen molar-refractivity contribution in [3.63, 3.8) is 0 Å². The van der Waals surface area contributed by atoms with Crippen molar-refractivity contribution in [3.05, 3.63) is 29.3 Å². The third kappa shape index (κ3) is 2.48. The Morgan fingerprint density at radius 3 is 1.92 bits per heavy atom. The highest BCUT2D eigenvalue weighted by Gasteiger charge is 2.20. The van der Waals surface area contributed by atoms with E-state index >= 15 is 0 Å². The van der Waals surface area contributed by atoms with Gasteiger partial charge in [0, 0.05) is 28.6 Å². The molecule has 0 atom stereocenters. The summed E-state index contributed by atoms with van der Waals surface area (Å²) >= 11 is 15.8. The van der Waals surface area contributed by atoms with Gasteiger partial charge >= 0.3 is 0 Å². The minimum atomic E-state index is -3.79. The molecule has 13 heavy (non-hydrogen) atoms. The normalized spacial score (nSPS) is 12.0. The molecule has 0 heterocycles. The van der Waals surface area contributed by atoms with Crippen LogP contribution in [0.15, 0.2) is 29.2 Å². The van der Waals surface area contributed by atoms with Gasteiger partial charge in [0.05, 0.1) is 4.90 Å². The van der Waals surface area contributed by atoms with E-state index in [9.17, 15) is 8.42 Å². The van der Waals surface area contributed by atoms with E-state index in [-0.39, 0.29) is 8.24 Å². The quantitative estimate of drug-likeness (QED) is 0.767. The molecule has 0 aromatic heterocycles. The summed E-state index contributed by atoms with van der Waals surface area (Å²) in [6, 6.07) is 5.50. The Bertz CT molecular complexity index is 387. The number of nitrogens with zero attached hydrogens (tertiary/aromatic N) is 1. The largest absolute Gasteiger partial charge is 0.270 e. The fourth-order valence-electron chi connectivity index (χ4n) is 0.686. The van der Waals surface area contributed by atoms with Crippen LogP contribution in [-0.2, 0) is 10.0 Å². The van der Waals surface area contributed by atoms with Crippen LogP contribution in [-0.4, -0.2) is 11.8 Å². The zero-order valence-corrected chi connectivity index (χ0v) is 9.20. The lowest BCUT2D eigenvalue weighted by Crippen LogP contribution is -2.11. The summed E-state index contributed by atoms with van der Waals surface area (Å²) in [6.45, 7) is 0. The van der Waals surface area contributed by atoms with Gasteiger partial charge in [0.1, 0.15) is 0 Å². The van der Waals surface area contributed by atoms with Gasteiger partial charge in [0.25, 0.3) is 10.0 Å². The Morgan fingerprint density at radius 1 is 1.08 bits per heavy atom. The molecule has 1 rings (SSSR count). The molecule has 0 aliphatic rings. The smallest absolute Gasteiger partial charge is 0.204 e. The van der Waals surface area contributed by atoms with Crippen molar-refractivity contribution in [3.8, 4) is 0 Å². The van der Waals surface area contributed by atoms with Gasteiger partial charge in [-0.25, -0.2) is 8.42 Å². The van der Waals surface area contributed by atoms with Crippen molar-refractivity contribution in [2.45, 2.75) is 4.90 Å². The van der Waals surface area contributed by atoms with Crippen LogP contribution in [0.2, 0.25) is 5.02 Å². The standard InChI is InChI=1S/C6H4Cl3NO2S/c7-5-1-3-6(4-2-5)13(11,12)10(8)9/h1-4H. The molecule has 0 N–H and O–H groups in total. The van der Waals surface area contributed by atoms with Gasteiger partial charge in [-0.15, -0.1) is 0 Å². The lowest BCUT2D eigenvalue weighted by Gasteiger charge is -2.05. The predicted molar refractivity (Wildman–Crippen MR) is 52.2 cm³/mol. The second-order valence-electron chi connectivity index (χ2n) is 2.13. The Labute approximate surface area is 91.1 Å². The van der Waals surface area contributed by atoms with Crippen molar-refractivity contribution in [1.29, 1.82) is 0 Å². The summed E-state index contributed by atoms with van der Waals surface area (Å²) in [4.78, 5) is -0.0121. The number of hydrogen-bond donors (Lipinski definition) is 0. The minimum absolute atomic E-state index is 0.0121. The van der Waals surface area contributed by atoms with Crippen LogP contribution in [0.1, 0.15) is 0 Å². The Hall–Kier alpha value is -0.000000000000000111. The van der Waals surface area contributed by atoms with Gasteiger partial charge < -0.3 is 0 Å². The molecule has 0 saturated carbocycles. The highest BCUT2D eigenvalue weighted by Crippen LogP contribution is 2.21. The number of sulfonamides is 1. The first-order chi connectivity index (χ1) is 5.94. The summed E-state index contributed by atoms with van der Waals surface area (Å²) in [6.07, 6.45) is 0. The summed E-state index contributed by atoms with van der Waals surface area (Å²) in [5.74, 6) is 0. The van der Waals surface area contributed by atoms with E-state index in [0.717, 1.165) is 0 Å². The minimum Gasteiger partial charge on any atom is -0.204 e. The summed E-state index contributed by atoms with van der Waals surface area (Å²) in [5, 5.41) is 0.439. The average Bonchev–Trinajstić information content (AvgIpc) is 2.04. The van der Waals surface area contributed by atoms with Gasteiger partial charge in [-0.05, 0) is 27.6 Å².